The highest BCUT2D eigenvalue weighted by atomic mass is 35.5. The van der Waals surface area contributed by atoms with Crippen molar-refractivity contribution in [2.24, 2.45) is 12.8 Å². The number of carbonyl (C=O) groups is 1. The lowest BCUT2D eigenvalue weighted by Gasteiger charge is -2.00. The largest absolute Gasteiger partial charge is 0.480 e. The number of halogens is 1. The summed E-state index contributed by atoms with van der Waals surface area (Å²) in [4.78, 5) is 10.3. The molecule has 0 aliphatic carbocycles. The Labute approximate surface area is 75.6 Å². The molecular formula is C6H10ClN3O2. The maximum absolute atomic E-state index is 10.3. The fourth-order valence-electron chi connectivity index (χ4n) is 0.743. The predicted octanol–water partition coefficient (Wildman–Crippen LogP) is -0.0737. The number of aromatic nitrogens is 2. The lowest BCUT2D eigenvalue weighted by Crippen LogP contribution is -2.19. The molecule has 0 spiro atoms. The summed E-state index contributed by atoms with van der Waals surface area (Å²) in [5, 5.41) is 12.3. The second kappa shape index (κ2) is 4.08. The first-order valence-corrected chi connectivity index (χ1v) is 3.08. The average molecular weight is 192 g/mol. The number of aliphatic carboxylic acids is 1. The van der Waals surface area contributed by atoms with Gasteiger partial charge in [0.15, 0.2) is 0 Å². The van der Waals surface area contributed by atoms with Gasteiger partial charge in [0.05, 0.1) is 6.20 Å². The van der Waals surface area contributed by atoms with Gasteiger partial charge in [0.25, 0.3) is 0 Å². The smallest absolute Gasteiger partial charge is 0.325 e. The monoisotopic (exact) mass is 191 g/mol. The van der Waals surface area contributed by atoms with Crippen LogP contribution in [0.4, 0.5) is 0 Å². The van der Waals surface area contributed by atoms with E-state index in [2.05, 4.69) is 5.10 Å². The third kappa shape index (κ3) is 2.21. The zero-order valence-electron chi connectivity index (χ0n) is 6.47. The fourth-order valence-corrected chi connectivity index (χ4v) is 0.743. The Morgan fingerprint density at radius 1 is 1.83 bits per heavy atom. The highest BCUT2D eigenvalue weighted by Crippen LogP contribution is 2.07. The van der Waals surface area contributed by atoms with E-state index in [0.29, 0.717) is 5.56 Å². The number of carboxylic acid groups (broad SMARTS) is 1. The van der Waals surface area contributed by atoms with Crippen LogP contribution >= 0.6 is 12.4 Å². The quantitative estimate of drug-likeness (QED) is 0.686. The molecule has 3 N–H and O–H groups in total. The van der Waals surface area contributed by atoms with E-state index in [1.807, 2.05) is 0 Å². The van der Waals surface area contributed by atoms with E-state index in [9.17, 15) is 4.79 Å². The Morgan fingerprint density at radius 3 is 2.75 bits per heavy atom. The number of nitrogens with two attached hydrogens (primary N) is 1. The van der Waals surface area contributed by atoms with Crippen molar-refractivity contribution in [3.63, 3.8) is 0 Å². The average Bonchev–Trinajstić information content (AvgIpc) is 2.34. The topological polar surface area (TPSA) is 81.1 Å². The molecular weight excluding hydrogens is 182 g/mol. The summed E-state index contributed by atoms with van der Waals surface area (Å²) >= 11 is 0. The Morgan fingerprint density at radius 2 is 2.42 bits per heavy atom. The van der Waals surface area contributed by atoms with Gasteiger partial charge >= 0.3 is 5.97 Å². The van der Waals surface area contributed by atoms with E-state index < -0.39 is 12.0 Å². The van der Waals surface area contributed by atoms with Crippen molar-refractivity contribution in [2.75, 3.05) is 0 Å². The number of hydrogen-bond acceptors (Lipinski definition) is 3. The van der Waals surface area contributed by atoms with Crippen molar-refractivity contribution in [1.82, 2.24) is 9.78 Å². The van der Waals surface area contributed by atoms with Crippen LogP contribution in [0.15, 0.2) is 12.4 Å². The van der Waals surface area contributed by atoms with Crippen LogP contribution in [0.2, 0.25) is 0 Å². The summed E-state index contributed by atoms with van der Waals surface area (Å²) in [6, 6.07) is -0.969. The number of aryl methyl sites for hydroxylation is 1. The Balaban J connectivity index is 0.00000121. The Bertz CT molecular complexity index is 274. The van der Waals surface area contributed by atoms with E-state index in [1.165, 1.54) is 10.9 Å². The Kier molecular flexibility index (Phi) is 3.72. The molecule has 0 saturated carbocycles. The van der Waals surface area contributed by atoms with E-state index in [0.717, 1.165) is 0 Å². The molecule has 5 nitrogen and oxygen atoms in total. The normalized spacial score (nSPS) is 11.8. The molecule has 0 amide bonds. The second-order valence-electron chi connectivity index (χ2n) is 2.26. The standard InChI is InChI=1S/C6H9N3O2.ClH/c1-9-3-4(2-8-9)5(7)6(10)11;/h2-3,5H,7H2,1H3,(H,10,11);1H/t5-;/m0./s1. The third-order valence-electron chi connectivity index (χ3n) is 1.35. The molecule has 68 valence electrons. The summed E-state index contributed by atoms with van der Waals surface area (Å²) in [5.41, 5.74) is 5.81. The summed E-state index contributed by atoms with van der Waals surface area (Å²) in [6.07, 6.45) is 3.03. The van der Waals surface area contributed by atoms with Crippen LogP contribution in [0.25, 0.3) is 0 Å². The van der Waals surface area contributed by atoms with Crippen molar-refractivity contribution in [1.29, 1.82) is 0 Å². The molecule has 0 aliphatic heterocycles. The molecule has 0 unspecified atom stereocenters. The number of hydrogen-bond donors (Lipinski definition) is 2. The minimum Gasteiger partial charge on any atom is -0.480 e. The van der Waals surface area contributed by atoms with Crippen molar-refractivity contribution in [3.8, 4) is 0 Å². The number of nitrogens with zero attached hydrogens (tertiary/aromatic N) is 2. The lowest BCUT2D eigenvalue weighted by atomic mass is 10.2. The molecule has 0 saturated heterocycles. The summed E-state index contributed by atoms with van der Waals surface area (Å²) in [6.45, 7) is 0. The van der Waals surface area contributed by atoms with Gasteiger partial charge in [-0.05, 0) is 0 Å². The van der Waals surface area contributed by atoms with Gasteiger partial charge in [-0.2, -0.15) is 5.10 Å². The SMILES string of the molecule is Cl.Cn1cc([C@H](N)C(=O)O)cn1. The summed E-state index contributed by atoms with van der Waals surface area (Å²) in [5.74, 6) is -1.04. The maximum Gasteiger partial charge on any atom is 0.325 e. The van der Waals surface area contributed by atoms with E-state index in [-0.39, 0.29) is 12.4 Å². The Hall–Kier alpha value is -1.07. The minimum absolute atomic E-state index is 0. The highest BCUT2D eigenvalue weighted by Gasteiger charge is 2.14. The number of rotatable bonds is 2. The molecule has 0 aromatic carbocycles. The van der Waals surface area contributed by atoms with Gasteiger partial charge < -0.3 is 10.8 Å². The van der Waals surface area contributed by atoms with E-state index in [1.54, 1.807) is 13.2 Å². The summed E-state index contributed by atoms with van der Waals surface area (Å²) < 4.78 is 1.51. The van der Waals surface area contributed by atoms with Gasteiger partial charge in [0.2, 0.25) is 0 Å². The zero-order chi connectivity index (χ0) is 8.43. The van der Waals surface area contributed by atoms with E-state index >= 15 is 0 Å². The lowest BCUT2D eigenvalue weighted by molar-refractivity contribution is -0.138. The molecule has 1 aromatic heterocycles. The van der Waals surface area contributed by atoms with Crippen molar-refractivity contribution < 1.29 is 9.90 Å². The molecule has 6 heteroatoms. The molecule has 12 heavy (non-hydrogen) atoms. The molecule has 0 fully saturated rings. The van der Waals surface area contributed by atoms with Crippen LogP contribution in [0.5, 0.6) is 0 Å². The molecule has 1 atom stereocenters. The van der Waals surface area contributed by atoms with Crippen molar-refractivity contribution in [2.45, 2.75) is 6.04 Å². The second-order valence-corrected chi connectivity index (χ2v) is 2.26. The van der Waals surface area contributed by atoms with Gasteiger partial charge in [0.1, 0.15) is 6.04 Å². The highest BCUT2D eigenvalue weighted by molar-refractivity contribution is 5.85. The van der Waals surface area contributed by atoms with Gasteiger partial charge in [-0.15, -0.1) is 12.4 Å². The van der Waals surface area contributed by atoms with Gasteiger partial charge in [-0.25, -0.2) is 0 Å². The first-order valence-electron chi connectivity index (χ1n) is 3.08. The van der Waals surface area contributed by atoms with Crippen LogP contribution in [-0.2, 0) is 11.8 Å². The van der Waals surface area contributed by atoms with Crippen LogP contribution in [0.3, 0.4) is 0 Å². The van der Waals surface area contributed by atoms with Gasteiger partial charge in [-0.1, -0.05) is 0 Å². The van der Waals surface area contributed by atoms with Crippen LogP contribution in [-0.4, -0.2) is 20.9 Å². The van der Waals surface area contributed by atoms with Gasteiger partial charge in [0, 0.05) is 18.8 Å². The zero-order valence-corrected chi connectivity index (χ0v) is 7.28. The molecule has 0 radical (unpaired) electrons. The number of carboxylic acids is 1. The summed E-state index contributed by atoms with van der Waals surface area (Å²) in [7, 11) is 1.71. The first-order chi connectivity index (χ1) is 5.11. The van der Waals surface area contributed by atoms with E-state index in [4.69, 9.17) is 10.8 Å². The van der Waals surface area contributed by atoms with Crippen LogP contribution in [0, 0.1) is 0 Å². The van der Waals surface area contributed by atoms with Crippen molar-refractivity contribution >= 4 is 18.4 Å². The predicted molar refractivity (Wildman–Crippen MR) is 45.0 cm³/mol. The molecule has 1 heterocycles. The van der Waals surface area contributed by atoms with Crippen LogP contribution in [0.1, 0.15) is 11.6 Å². The fraction of sp³-hybridized carbons (Fsp3) is 0.333. The first kappa shape index (κ1) is 10.9. The van der Waals surface area contributed by atoms with Crippen molar-refractivity contribution in [3.05, 3.63) is 18.0 Å². The molecule has 1 rings (SSSR count). The van der Waals surface area contributed by atoms with Crippen LogP contribution < -0.4 is 5.73 Å². The van der Waals surface area contributed by atoms with Gasteiger partial charge in [-0.3, -0.25) is 9.48 Å². The molecule has 1 aromatic rings. The molecule has 0 aliphatic rings. The minimum atomic E-state index is -1.04. The molecule has 0 bridgehead atoms. The maximum atomic E-state index is 10.3. The third-order valence-corrected chi connectivity index (χ3v) is 1.35.